The van der Waals surface area contributed by atoms with Crippen LogP contribution in [-0.2, 0) is 13.0 Å². The molecular weight excluding hydrogens is 302 g/mol. The van der Waals surface area contributed by atoms with E-state index in [0.717, 1.165) is 35.2 Å². The van der Waals surface area contributed by atoms with Gasteiger partial charge in [-0.25, -0.2) is 4.98 Å². The molecule has 19 heavy (non-hydrogen) atoms. The lowest BCUT2D eigenvalue weighted by Crippen LogP contribution is -2.30. The van der Waals surface area contributed by atoms with Crippen molar-refractivity contribution in [3.05, 3.63) is 28.5 Å². The van der Waals surface area contributed by atoms with Gasteiger partial charge in [0.2, 0.25) is 0 Å². The first-order chi connectivity index (χ1) is 9.02. The number of hydrogen-bond acceptors (Lipinski definition) is 2. The highest BCUT2D eigenvalue weighted by Crippen LogP contribution is 2.22. The van der Waals surface area contributed by atoms with Crippen LogP contribution >= 0.6 is 15.9 Å². The molecule has 0 aliphatic carbocycles. The van der Waals surface area contributed by atoms with E-state index in [9.17, 15) is 0 Å². The van der Waals surface area contributed by atoms with Crippen molar-refractivity contribution < 1.29 is 0 Å². The predicted octanol–water partition coefficient (Wildman–Crippen LogP) is 3.73. The summed E-state index contributed by atoms with van der Waals surface area (Å²) >= 11 is 3.51. The number of fused-ring (bicyclic) bond motifs is 1. The van der Waals surface area contributed by atoms with E-state index in [4.69, 9.17) is 10.7 Å². The molecule has 1 unspecified atom stereocenters. The molecule has 104 valence electrons. The smallest absolute Gasteiger partial charge is 0.111 e. The van der Waals surface area contributed by atoms with Crippen LogP contribution in [-0.4, -0.2) is 15.6 Å². The lowest BCUT2D eigenvalue weighted by atomic mass is 10.0. The molecule has 2 N–H and O–H groups in total. The van der Waals surface area contributed by atoms with E-state index >= 15 is 0 Å². The van der Waals surface area contributed by atoms with Crippen LogP contribution in [0.3, 0.4) is 0 Å². The van der Waals surface area contributed by atoms with Crippen molar-refractivity contribution in [1.29, 1.82) is 0 Å². The molecule has 1 atom stereocenters. The summed E-state index contributed by atoms with van der Waals surface area (Å²) in [5.41, 5.74) is 8.46. The minimum Gasteiger partial charge on any atom is -0.328 e. The number of hydrogen-bond donors (Lipinski definition) is 1. The van der Waals surface area contributed by atoms with Crippen LogP contribution in [0.2, 0.25) is 0 Å². The normalized spacial score (nSPS) is 13.4. The number of aromatic nitrogens is 2. The molecule has 1 aromatic carbocycles. The Bertz CT molecular complexity index is 560. The second-order valence-corrected chi connectivity index (χ2v) is 6.34. The molecule has 1 heterocycles. The molecule has 0 saturated carbocycles. The monoisotopic (exact) mass is 323 g/mol. The molecule has 4 heteroatoms. The van der Waals surface area contributed by atoms with Gasteiger partial charge in [0.15, 0.2) is 0 Å². The molecule has 0 saturated heterocycles. The maximum atomic E-state index is 6.20. The summed E-state index contributed by atoms with van der Waals surface area (Å²) in [6.45, 7) is 7.51. The maximum absolute atomic E-state index is 6.20. The SMILES string of the molecule is CCCn1c(CC(N)C(C)C)nc2cc(Br)ccc21. The summed E-state index contributed by atoms with van der Waals surface area (Å²) in [7, 11) is 0. The highest BCUT2D eigenvalue weighted by molar-refractivity contribution is 9.10. The van der Waals surface area contributed by atoms with E-state index in [1.54, 1.807) is 0 Å². The van der Waals surface area contributed by atoms with Gasteiger partial charge in [-0.05, 0) is 30.5 Å². The zero-order valence-corrected chi connectivity index (χ0v) is 13.4. The molecule has 0 radical (unpaired) electrons. The van der Waals surface area contributed by atoms with Crippen LogP contribution in [0, 0.1) is 5.92 Å². The molecule has 0 aliphatic heterocycles. The average molecular weight is 324 g/mol. The Morgan fingerprint density at radius 2 is 2.11 bits per heavy atom. The summed E-state index contributed by atoms with van der Waals surface area (Å²) in [4.78, 5) is 4.77. The third kappa shape index (κ3) is 3.18. The molecule has 0 fully saturated rings. The van der Waals surface area contributed by atoms with Crippen molar-refractivity contribution in [2.45, 2.75) is 46.2 Å². The summed E-state index contributed by atoms with van der Waals surface area (Å²) in [5, 5.41) is 0. The number of benzene rings is 1. The second-order valence-electron chi connectivity index (χ2n) is 5.42. The van der Waals surface area contributed by atoms with Crippen molar-refractivity contribution in [3.8, 4) is 0 Å². The minimum absolute atomic E-state index is 0.163. The fourth-order valence-corrected chi connectivity index (χ4v) is 2.58. The quantitative estimate of drug-likeness (QED) is 0.911. The highest BCUT2D eigenvalue weighted by atomic mass is 79.9. The highest BCUT2D eigenvalue weighted by Gasteiger charge is 2.15. The summed E-state index contributed by atoms with van der Waals surface area (Å²) < 4.78 is 3.38. The molecule has 0 bridgehead atoms. The summed E-state index contributed by atoms with van der Waals surface area (Å²) in [5.74, 6) is 1.58. The van der Waals surface area contributed by atoms with E-state index in [-0.39, 0.29) is 6.04 Å². The van der Waals surface area contributed by atoms with Gasteiger partial charge in [-0.3, -0.25) is 0 Å². The van der Waals surface area contributed by atoms with E-state index in [0.29, 0.717) is 5.92 Å². The zero-order chi connectivity index (χ0) is 14.0. The molecule has 0 aliphatic rings. The van der Waals surface area contributed by atoms with Gasteiger partial charge in [0.05, 0.1) is 11.0 Å². The molecular formula is C15H22BrN3. The fourth-order valence-electron chi connectivity index (χ4n) is 2.23. The van der Waals surface area contributed by atoms with Gasteiger partial charge in [-0.1, -0.05) is 36.7 Å². The predicted molar refractivity (Wildman–Crippen MR) is 84.2 cm³/mol. The van der Waals surface area contributed by atoms with Crippen molar-refractivity contribution in [2.75, 3.05) is 0 Å². The van der Waals surface area contributed by atoms with Crippen LogP contribution in [0.1, 0.15) is 33.0 Å². The minimum atomic E-state index is 0.163. The summed E-state index contributed by atoms with van der Waals surface area (Å²) in [6, 6.07) is 6.44. The van der Waals surface area contributed by atoms with Crippen LogP contribution in [0.25, 0.3) is 11.0 Å². The zero-order valence-electron chi connectivity index (χ0n) is 11.9. The van der Waals surface area contributed by atoms with Crippen molar-refractivity contribution in [2.24, 2.45) is 11.7 Å². The van der Waals surface area contributed by atoms with E-state index < -0.39 is 0 Å². The number of halogens is 1. The number of nitrogens with zero attached hydrogens (tertiary/aromatic N) is 2. The summed E-state index contributed by atoms with van der Waals surface area (Å²) in [6.07, 6.45) is 1.94. The number of aryl methyl sites for hydroxylation is 1. The van der Waals surface area contributed by atoms with Crippen LogP contribution < -0.4 is 5.73 Å². The Hall–Kier alpha value is -0.870. The van der Waals surface area contributed by atoms with Gasteiger partial charge >= 0.3 is 0 Å². The number of nitrogens with two attached hydrogens (primary N) is 1. The van der Waals surface area contributed by atoms with E-state index in [1.165, 1.54) is 5.52 Å². The number of imidazole rings is 1. The van der Waals surface area contributed by atoms with E-state index in [1.807, 2.05) is 0 Å². The topological polar surface area (TPSA) is 43.8 Å². The largest absolute Gasteiger partial charge is 0.328 e. The average Bonchev–Trinajstić information content (AvgIpc) is 2.67. The van der Waals surface area contributed by atoms with Crippen LogP contribution in [0.15, 0.2) is 22.7 Å². The standard InChI is InChI=1S/C15H22BrN3/c1-4-7-19-14-6-5-11(16)8-13(14)18-15(19)9-12(17)10(2)3/h5-6,8,10,12H,4,7,9,17H2,1-3H3. The molecule has 0 spiro atoms. The van der Waals surface area contributed by atoms with Gasteiger partial charge in [0, 0.05) is 23.5 Å². The van der Waals surface area contributed by atoms with Crippen LogP contribution in [0.5, 0.6) is 0 Å². The maximum Gasteiger partial charge on any atom is 0.111 e. The first-order valence-electron chi connectivity index (χ1n) is 6.93. The van der Waals surface area contributed by atoms with Crippen LogP contribution in [0.4, 0.5) is 0 Å². The Kier molecular flexibility index (Phi) is 4.63. The van der Waals surface area contributed by atoms with Gasteiger partial charge < -0.3 is 10.3 Å². The molecule has 2 aromatic rings. The van der Waals surface area contributed by atoms with Gasteiger partial charge in [0.25, 0.3) is 0 Å². The Morgan fingerprint density at radius 3 is 2.74 bits per heavy atom. The van der Waals surface area contributed by atoms with Crippen molar-refractivity contribution >= 4 is 27.0 Å². The Balaban J connectivity index is 2.43. The van der Waals surface area contributed by atoms with E-state index in [2.05, 4.69) is 59.5 Å². The first-order valence-corrected chi connectivity index (χ1v) is 7.72. The van der Waals surface area contributed by atoms with Crippen molar-refractivity contribution in [3.63, 3.8) is 0 Å². The lowest BCUT2D eigenvalue weighted by molar-refractivity contribution is 0.472. The molecule has 0 amide bonds. The third-order valence-corrected chi connectivity index (χ3v) is 4.00. The van der Waals surface area contributed by atoms with Gasteiger partial charge in [0.1, 0.15) is 5.82 Å². The first kappa shape index (κ1) is 14.5. The second kappa shape index (κ2) is 6.06. The lowest BCUT2D eigenvalue weighted by Gasteiger charge is -2.16. The van der Waals surface area contributed by atoms with Gasteiger partial charge in [-0.2, -0.15) is 0 Å². The molecule has 2 rings (SSSR count). The van der Waals surface area contributed by atoms with Crippen molar-refractivity contribution in [1.82, 2.24) is 9.55 Å². The Morgan fingerprint density at radius 1 is 1.37 bits per heavy atom. The van der Waals surface area contributed by atoms with Gasteiger partial charge in [-0.15, -0.1) is 0 Å². The Labute approximate surface area is 123 Å². The molecule has 3 nitrogen and oxygen atoms in total. The third-order valence-electron chi connectivity index (χ3n) is 3.51. The number of rotatable bonds is 5. The fraction of sp³-hybridized carbons (Fsp3) is 0.533. The molecule has 1 aromatic heterocycles.